The highest BCUT2D eigenvalue weighted by atomic mass is 16.5. The SMILES string of the molecule is CCCCCCCCCN(CCCCCCCCC)C(=O)CCC(=O)OCC. The number of nitrogens with zero attached hydrogens (tertiary/aromatic N) is 1. The van der Waals surface area contributed by atoms with Gasteiger partial charge in [-0.15, -0.1) is 0 Å². The number of esters is 1. The summed E-state index contributed by atoms with van der Waals surface area (Å²) in [5.74, 6) is -0.146. The molecule has 28 heavy (non-hydrogen) atoms. The number of amides is 1. The maximum absolute atomic E-state index is 12.6. The van der Waals surface area contributed by atoms with Crippen molar-refractivity contribution in [2.75, 3.05) is 19.7 Å². The van der Waals surface area contributed by atoms with Crippen LogP contribution in [0.3, 0.4) is 0 Å². The molecule has 4 nitrogen and oxygen atoms in total. The minimum absolute atomic E-state index is 0.116. The molecule has 0 spiro atoms. The van der Waals surface area contributed by atoms with Gasteiger partial charge in [-0.2, -0.15) is 0 Å². The van der Waals surface area contributed by atoms with Gasteiger partial charge in [0, 0.05) is 19.5 Å². The highest BCUT2D eigenvalue weighted by molar-refractivity contribution is 5.81. The van der Waals surface area contributed by atoms with Crippen molar-refractivity contribution in [3.63, 3.8) is 0 Å². The second-order valence-corrected chi connectivity index (χ2v) is 7.93. The van der Waals surface area contributed by atoms with E-state index >= 15 is 0 Å². The molecule has 166 valence electrons. The molecule has 0 aromatic heterocycles. The van der Waals surface area contributed by atoms with E-state index in [1.807, 2.05) is 4.90 Å². The van der Waals surface area contributed by atoms with Crippen molar-refractivity contribution in [2.45, 2.75) is 124 Å². The van der Waals surface area contributed by atoms with Gasteiger partial charge in [0.1, 0.15) is 0 Å². The molecule has 0 aromatic rings. The summed E-state index contributed by atoms with van der Waals surface area (Å²) < 4.78 is 4.95. The monoisotopic (exact) mass is 397 g/mol. The fourth-order valence-corrected chi connectivity index (χ4v) is 3.48. The summed E-state index contributed by atoms with van der Waals surface area (Å²) in [6, 6.07) is 0. The van der Waals surface area contributed by atoms with Crippen molar-refractivity contribution < 1.29 is 14.3 Å². The molecule has 0 aliphatic heterocycles. The third-order valence-corrected chi connectivity index (χ3v) is 5.26. The number of carbonyl (C=O) groups excluding carboxylic acids is 2. The molecule has 0 aromatic carbocycles. The molecule has 4 heteroatoms. The second-order valence-electron chi connectivity index (χ2n) is 7.93. The highest BCUT2D eigenvalue weighted by Gasteiger charge is 2.15. The molecule has 0 saturated carbocycles. The molecule has 0 rings (SSSR count). The van der Waals surface area contributed by atoms with Crippen LogP contribution in [-0.2, 0) is 14.3 Å². The molecule has 0 heterocycles. The van der Waals surface area contributed by atoms with Gasteiger partial charge in [0.25, 0.3) is 0 Å². The van der Waals surface area contributed by atoms with E-state index in [2.05, 4.69) is 13.8 Å². The van der Waals surface area contributed by atoms with Crippen LogP contribution in [0.15, 0.2) is 0 Å². The third-order valence-electron chi connectivity index (χ3n) is 5.26. The van der Waals surface area contributed by atoms with Crippen molar-refractivity contribution in [1.82, 2.24) is 4.90 Å². The van der Waals surface area contributed by atoms with Gasteiger partial charge in [0.15, 0.2) is 0 Å². The van der Waals surface area contributed by atoms with Crippen LogP contribution in [0, 0.1) is 0 Å². The summed E-state index contributed by atoms with van der Waals surface area (Å²) in [6.45, 7) is 8.34. The topological polar surface area (TPSA) is 46.6 Å². The predicted molar refractivity (Wildman–Crippen MR) is 118 cm³/mol. The van der Waals surface area contributed by atoms with E-state index in [0.29, 0.717) is 6.61 Å². The van der Waals surface area contributed by atoms with Crippen molar-refractivity contribution >= 4 is 11.9 Å². The standard InChI is InChI=1S/C24H47NO3/c1-4-7-9-11-13-15-17-21-25(22-18-16-14-12-10-8-5-2)23(26)19-20-24(27)28-6-3/h4-22H2,1-3H3. The van der Waals surface area contributed by atoms with Crippen molar-refractivity contribution in [1.29, 1.82) is 0 Å². The van der Waals surface area contributed by atoms with Gasteiger partial charge in [-0.05, 0) is 19.8 Å². The fraction of sp³-hybridized carbons (Fsp3) is 0.917. The highest BCUT2D eigenvalue weighted by Crippen LogP contribution is 2.11. The maximum atomic E-state index is 12.6. The lowest BCUT2D eigenvalue weighted by Crippen LogP contribution is -2.33. The minimum atomic E-state index is -0.261. The lowest BCUT2D eigenvalue weighted by Gasteiger charge is -2.23. The summed E-state index contributed by atoms with van der Waals surface area (Å²) >= 11 is 0. The first-order valence-corrected chi connectivity index (χ1v) is 12.1. The molecule has 0 radical (unpaired) electrons. The number of ether oxygens (including phenoxy) is 1. The van der Waals surface area contributed by atoms with Crippen molar-refractivity contribution in [2.24, 2.45) is 0 Å². The van der Waals surface area contributed by atoms with Crippen molar-refractivity contribution in [3.05, 3.63) is 0 Å². The maximum Gasteiger partial charge on any atom is 0.306 e. The van der Waals surface area contributed by atoms with Gasteiger partial charge < -0.3 is 9.64 Å². The summed E-state index contributed by atoms with van der Waals surface area (Å²) in [5.41, 5.74) is 0. The zero-order valence-corrected chi connectivity index (χ0v) is 19.1. The Bertz CT molecular complexity index is 353. The first kappa shape index (κ1) is 26.9. The molecular formula is C24H47NO3. The van der Waals surface area contributed by atoms with Gasteiger partial charge in [0.05, 0.1) is 13.0 Å². The molecule has 0 unspecified atom stereocenters. The Labute approximate surface area is 174 Å². The van der Waals surface area contributed by atoms with E-state index in [9.17, 15) is 9.59 Å². The summed E-state index contributed by atoms with van der Waals surface area (Å²) in [7, 11) is 0. The van der Waals surface area contributed by atoms with Crippen LogP contribution in [0.2, 0.25) is 0 Å². The Morgan fingerprint density at radius 1 is 0.607 bits per heavy atom. The Hall–Kier alpha value is -1.06. The molecule has 0 saturated heterocycles. The Balaban J connectivity index is 4.14. The first-order chi connectivity index (χ1) is 13.7. The number of carbonyl (C=O) groups is 2. The normalized spacial score (nSPS) is 10.8. The Morgan fingerprint density at radius 2 is 1.04 bits per heavy atom. The number of rotatable bonds is 20. The van der Waals surface area contributed by atoms with Crippen LogP contribution in [-0.4, -0.2) is 36.5 Å². The fourth-order valence-electron chi connectivity index (χ4n) is 3.48. The lowest BCUT2D eigenvalue weighted by atomic mass is 10.1. The average Bonchev–Trinajstić information content (AvgIpc) is 2.69. The van der Waals surface area contributed by atoms with E-state index in [0.717, 1.165) is 25.9 Å². The summed E-state index contributed by atoms with van der Waals surface area (Å²) in [4.78, 5) is 26.1. The third kappa shape index (κ3) is 17.1. The zero-order chi connectivity index (χ0) is 20.9. The number of unbranched alkanes of at least 4 members (excludes halogenated alkanes) is 12. The molecule has 0 aliphatic carbocycles. The molecule has 0 aliphatic rings. The summed E-state index contributed by atoms with van der Waals surface area (Å²) in [5, 5.41) is 0. The number of hydrogen-bond acceptors (Lipinski definition) is 3. The van der Waals surface area contributed by atoms with Crippen LogP contribution in [0.4, 0.5) is 0 Å². The molecule has 0 atom stereocenters. The first-order valence-electron chi connectivity index (χ1n) is 12.1. The van der Waals surface area contributed by atoms with Crippen LogP contribution in [0.5, 0.6) is 0 Å². The van der Waals surface area contributed by atoms with E-state index in [4.69, 9.17) is 4.74 Å². The zero-order valence-electron chi connectivity index (χ0n) is 19.1. The second kappa shape index (κ2) is 20.7. The van der Waals surface area contributed by atoms with E-state index in [-0.39, 0.29) is 24.7 Å². The van der Waals surface area contributed by atoms with Crippen LogP contribution >= 0.6 is 0 Å². The molecule has 1 amide bonds. The average molecular weight is 398 g/mol. The van der Waals surface area contributed by atoms with E-state index in [1.54, 1.807) is 6.92 Å². The molecule has 0 bridgehead atoms. The summed E-state index contributed by atoms with van der Waals surface area (Å²) in [6.07, 6.45) is 18.1. The Morgan fingerprint density at radius 3 is 1.46 bits per heavy atom. The van der Waals surface area contributed by atoms with Crippen LogP contribution in [0.25, 0.3) is 0 Å². The number of hydrogen-bond donors (Lipinski definition) is 0. The smallest absolute Gasteiger partial charge is 0.306 e. The van der Waals surface area contributed by atoms with E-state index < -0.39 is 0 Å². The van der Waals surface area contributed by atoms with E-state index in [1.165, 1.54) is 77.0 Å². The van der Waals surface area contributed by atoms with Gasteiger partial charge in [0.2, 0.25) is 5.91 Å². The van der Waals surface area contributed by atoms with Gasteiger partial charge in [-0.3, -0.25) is 9.59 Å². The molecular weight excluding hydrogens is 350 g/mol. The predicted octanol–water partition coefficient (Wildman–Crippen LogP) is 6.66. The van der Waals surface area contributed by atoms with Gasteiger partial charge in [-0.1, -0.05) is 90.9 Å². The Kier molecular flexibility index (Phi) is 19.9. The van der Waals surface area contributed by atoms with Crippen molar-refractivity contribution in [3.8, 4) is 0 Å². The minimum Gasteiger partial charge on any atom is -0.466 e. The van der Waals surface area contributed by atoms with Crippen LogP contribution < -0.4 is 0 Å². The van der Waals surface area contributed by atoms with Gasteiger partial charge in [-0.25, -0.2) is 0 Å². The molecule has 0 N–H and O–H groups in total. The molecule has 0 fully saturated rings. The van der Waals surface area contributed by atoms with Gasteiger partial charge >= 0.3 is 5.97 Å². The van der Waals surface area contributed by atoms with Crippen LogP contribution in [0.1, 0.15) is 124 Å². The largest absolute Gasteiger partial charge is 0.466 e. The lowest BCUT2D eigenvalue weighted by molar-refractivity contribution is -0.145. The quantitative estimate of drug-likeness (QED) is 0.170.